The van der Waals surface area contributed by atoms with E-state index in [9.17, 15) is 4.79 Å². The zero-order valence-electron chi connectivity index (χ0n) is 14.9. The third-order valence-corrected chi connectivity index (χ3v) is 4.71. The lowest BCUT2D eigenvalue weighted by Crippen LogP contribution is -2.44. The molecule has 138 valence electrons. The summed E-state index contributed by atoms with van der Waals surface area (Å²) in [7, 11) is 0. The molecule has 1 saturated heterocycles. The van der Waals surface area contributed by atoms with Crippen molar-refractivity contribution in [3.05, 3.63) is 66.2 Å². The number of hydrogen-bond donors (Lipinski definition) is 1. The molecule has 1 amide bonds. The Balaban J connectivity index is 1.54. The molecular formula is C20H21N5O2. The SMILES string of the molecule is O=C(NC[C@@H](c1ccccn1)N1CCOCC1)c1cccc2nccnc12. The molecule has 3 heterocycles. The molecule has 1 aliphatic rings. The molecular weight excluding hydrogens is 342 g/mol. The van der Waals surface area contributed by atoms with E-state index in [-0.39, 0.29) is 11.9 Å². The van der Waals surface area contributed by atoms with Crippen LogP contribution in [0.4, 0.5) is 0 Å². The predicted molar refractivity (Wildman–Crippen MR) is 101 cm³/mol. The normalized spacial score (nSPS) is 16.1. The van der Waals surface area contributed by atoms with Crippen LogP contribution in [0.3, 0.4) is 0 Å². The van der Waals surface area contributed by atoms with Gasteiger partial charge in [0.2, 0.25) is 0 Å². The molecule has 1 N–H and O–H groups in total. The highest BCUT2D eigenvalue weighted by molar-refractivity contribution is 6.04. The highest BCUT2D eigenvalue weighted by Gasteiger charge is 2.24. The molecule has 1 aromatic carbocycles. The van der Waals surface area contributed by atoms with Gasteiger partial charge in [-0.25, -0.2) is 0 Å². The first-order valence-electron chi connectivity index (χ1n) is 9.03. The molecule has 7 nitrogen and oxygen atoms in total. The molecule has 0 unspecified atom stereocenters. The molecule has 2 aromatic heterocycles. The van der Waals surface area contributed by atoms with Gasteiger partial charge in [-0.3, -0.25) is 24.6 Å². The minimum Gasteiger partial charge on any atom is -0.379 e. The summed E-state index contributed by atoms with van der Waals surface area (Å²) in [6.45, 7) is 3.48. The minimum absolute atomic E-state index is 0.000102. The van der Waals surface area contributed by atoms with E-state index in [2.05, 4.69) is 25.2 Å². The number of hydrogen-bond acceptors (Lipinski definition) is 6. The molecule has 7 heteroatoms. The second-order valence-corrected chi connectivity index (χ2v) is 6.36. The van der Waals surface area contributed by atoms with Crippen LogP contribution in [0, 0.1) is 0 Å². The number of carbonyl (C=O) groups is 1. The van der Waals surface area contributed by atoms with Gasteiger partial charge in [0.1, 0.15) is 5.52 Å². The molecule has 27 heavy (non-hydrogen) atoms. The van der Waals surface area contributed by atoms with E-state index in [0.29, 0.717) is 36.4 Å². The molecule has 1 aliphatic heterocycles. The summed E-state index contributed by atoms with van der Waals surface area (Å²) in [5.41, 5.74) is 2.79. The number of nitrogens with one attached hydrogen (secondary N) is 1. The van der Waals surface area contributed by atoms with Crippen LogP contribution < -0.4 is 5.32 Å². The third-order valence-electron chi connectivity index (χ3n) is 4.71. The fourth-order valence-corrected chi connectivity index (χ4v) is 3.34. The summed E-state index contributed by atoms with van der Waals surface area (Å²) >= 11 is 0. The van der Waals surface area contributed by atoms with Gasteiger partial charge in [0.15, 0.2) is 0 Å². The highest BCUT2D eigenvalue weighted by atomic mass is 16.5. The monoisotopic (exact) mass is 363 g/mol. The fourth-order valence-electron chi connectivity index (χ4n) is 3.34. The minimum atomic E-state index is -0.157. The maximum Gasteiger partial charge on any atom is 0.253 e. The highest BCUT2D eigenvalue weighted by Crippen LogP contribution is 2.20. The van der Waals surface area contributed by atoms with Crippen LogP contribution in [0.1, 0.15) is 22.1 Å². The number of ether oxygens (including phenoxy) is 1. The van der Waals surface area contributed by atoms with Gasteiger partial charge in [-0.05, 0) is 24.3 Å². The summed E-state index contributed by atoms with van der Waals surface area (Å²) in [5, 5.41) is 3.06. The number of rotatable bonds is 5. The summed E-state index contributed by atoms with van der Waals surface area (Å²) < 4.78 is 5.46. The zero-order valence-corrected chi connectivity index (χ0v) is 14.9. The lowest BCUT2D eigenvalue weighted by Gasteiger charge is -2.34. The smallest absolute Gasteiger partial charge is 0.253 e. The molecule has 1 atom stereocenters. The van der Waals surface area contributed by atoms with E-state index in [4.69, 9.17) is 4.74 Å². The van der Waals surface area contributed by atoms with Crippen molar-refractivity contribution in [1.29, 1.82) is 0 Å². The summed E-state index contributed by atoms with van der Waals surface area (Å²) in [6.07, 6.45) is 5.01. The number of fused-ring (bicyclic) bond motifs is 1. The van der Waals surface area contributed by atoms with Crippen molar-refractivity contribution in [1.82, 2.24) is 25.2 Å². The Hall–Kier alpha value is -2.90. The van der Waals surface area contributed by atoms with Crippen LogP contribution >= 0.6 is 0 Å². The van der Waals surface area contributed by atoms with Crippen molar-refractivity contribution in [2.24, 2.45) is 0 Å². The van der Waals surface area contributed by atoms with Crippen molar-refractivity contribution in [2.45, 2.75) is 6.04 Å². The second kappa shape index (κ2) is 8.20. The average Bonchev–Trinajstić information content (AvgIpc) is 2.75. The van der Waals surface area contributed by atoms with E-state index in [1.54, 1.807) is 24.7 Å². The first kappa shape index (κ1) is 17.5. The van der Waals surface area contributed by atoms with Crippen LogP contribution in [-0.2, 0) is 4.74 Å². The van der Waals surface area contributed by atoms with Crippen LogP contribution in [0.5, 0.6) is 0 Å². The van der Waals surface area contributed by atoms with Crippen molar-refractivity contribution in [3.8, 4) is 0 Å². The Labute approximate surface area is 157 Å². The maximum absolute atomic E-state index is 12.8. The number of benzene rings is 1. The largest absolute Gasteiger partial charge is 0.379 e. The maximum atomic E-state index is 12.8. The number of carbonyl (C=O) groups excluding carboxylic acids is 1. The lowest BCUT2D eigenvalue weighted by atomic mass is 10.1. The van der Waals surface area contributed by atoms with Crippen LogP contribution in [0.2, 0.25) is 0 Å². The second-order valence-electron chi connectivity index (χ2n) is 6.36. The van der Waals surface area contributed by atoms with E-state index in [0.717, 1.165) is 18.8 Å². The van der Waals surface area contributed by atoms with Gasteiger partial charge in [-0.2, -0.15) is 0 Å². The van der Waals surface area contributed by atoms with Gasteiger partial charge < -0.3 is 10.1 Å². The first-order chi connectivity index (χ1) is 13.3. The molecule has 0 bridgehead atoms. The van der Waals surface area contributed by atoms with E-state index in [1.165, 1.54) is 0 Å². The molecule has 3 aromatic rings. The van der Waals surface area contributed by atoms with Gasteiger partial charge in [0.25, 0.3) is 5.91 Å². The predicted octanol–water partition coefficient (Wildman–Crippen LogP) is 1.83. The van der Waals surface area contributed by atoms with Gasteiger partial charge >= 0.3 is 0 Å². The van der Waals surface area contributed by atoms with E-state index < -0.39 is 0 Å². The molecule has 0 spiro atoms. The summed E-state index contributed by atoms with van der Waals surface area (Å²) in [4.78, 5) is 28.2. The number of amides is 1. The van der Waals surface area contributed by atoms with E-state index in [1.807, 2.05) is 30.3 Å². The molecule has 0 aliphatic carbocycles. The van der Waals surface area contributed by atoms with Gasteiger partial charge in [-0.1, -0.05) is 12.1 Å². The average molecular weight is 363 g/mol. The topological polar surface area (TPSA) is 80.2 Å². The summed E-state index contributed by atoms with van der Waals surface area (Å²) in [5.74, 6) is -0.157. The van der Waals surface area contributed by atoms with Crippen molar-refractivity contribution in [3.63, 3.8) is 0 Å². The van der Waals surface area contributed by atoms with Crippen LogP contribution in [-0.4, -0.2) is 58.6 Å². The molecule has 0 radical (unpaired) electrons. The number of para-hydroxylation sites is 1. The fraction of sp³-hybridized carbons (Fsp3) is 0.300. The number of aromatic nitrogens is 3. The zero-order chi connectivity index (χ0) is 18.5. The molecule has 1 fully saturated rings. The molecule has 0 saturated carbocycles. The third kappa shape index (κ3) is 3.94. The van der Waals surface area contributed by atoms with Crippen molar-refractivity contribution >= 4 is 16.9 Å². The number of nitrogens with zero attached hydrogens (tertiary/aromatic N) is 4. The Bertz CT molecular complexity index is 907. The first-order valence-corrected chi connectivity index (χ1v) is 9.03. The Kier molecular flexibility index (Phi) is 5.32. The van der Waals surface area contributed by atoms with Crippen molar-refractivity contribution < 1.29 is 9.53 Å². The van der Waals surface area contributed by atoms with Crippen LogP contribution in [0.25, 0.3) is 11.0 Å². The molecule has 4 rings (SSSR count). The van der Waals surface area contributed by atoms with Crippen LogP contribution in [0.15, 0.2) is 55.0 Å². The quantitative estimate of drug-likeness (QED) is 0.745. The van der Waals surface area contributed by atoms with Gasteiger partial charge in [0, 0.05) is 38.2 Å². The Morgan fingerprint density at radius 1 is 1.04 bits per heavy atom. The lowest BCUT2D eigenvalue weighted by molar-refractivity contribution is 0.0154. The Morgan fingerprint density at radius 3 is 2.70 bits per heavy atom. The standard InChI is InChI=1S/C20H21N5O2/c26-20(15-4-3-6-17-19(15)23-9-8-22-17)24-14-18(16-5-1-2-7-21-16)25-10-12-27-13-11-25/h1-9,18H,10-14H2,(H,24,26)/t18-/m0/s1. The van der Waals surface area contributed by atoms with Crippen molar-refractivity contribution in [2.75, 3.05) is 32.8 Å². The Morgan fingerprint density at radius 2 is 1.89 bits per heavy atom. The van der Waals surface area contributed by atoms with Gasteiger partial charge in [0.05, 0.1) is 36.0 Å². The van der Waals surface area contributed by atoms with Gasteiger partial charge in [-0.15, -0.1) is 0 Å². The number of morpholine rings is 1. The van der Waals surface area contributed by atoms with E-state index >= 15 is 0 Å². The summed E-state index contributed by atoms with van der Waals surface area (Å²) in [6, 6.07) is 11.3. The number of pyridine rings is 1.